The molecule has 0 aliphatic heterocycles. The van der Waals surface area contributed by atoms with Crippen molar-refractivity contribution in [2.45, 2.75) is 20.4 Å². The van der Waals surface area contributed by atoms with Gasteiger partial charge in [0, 0.05) is 11.8 Å². The Kier molecular flexibility index (Phi) is 3.48. The molecule has 0 radical (unpaired) electrons. The molecular weight excluding hydrogens is 248 g/mol. The minimum absolute atomic E-state index is 0.161. The molecule has 7 heteroatoms. The third-order valence-corrected chi connectivity index (χ3v) is 2.69. The van der Waals surface area contributed by atoms with E-state index in [-0.39, 0.29) is 12.1 Å². The molecule has 0 aromatic carbocycles. The summed E-state index contributed by atoms with van der Waals surface area (Å²) < 4.78 is 6.70. The fourth-order valence-corrected chi connectivity index (χ4v) is 1.78. The maximum absolute atomic E-state index is 11.8. The lowest BCUT2D eigenvalue weighted by molar-refractivity contribution is 0.0953. The molecular formula is C12H14N4O3. The van der Waals surface area contributed by atoms with E-state index in [1.165, 1.54) is 23.0 Å². The number of nitrogens with zero attached hydrogens (tertiary/aromatic N) is 2. The number of carbonyl (C=O) groups excluding carboxylic acids is 1. The summed E-state index contributed by atoms with van der Waals surface area (Å²) in [5, 5.41) is 0. The standard InChI is InChI=1S/C12H14N4O3/c1-7-3-11(17)16(8(2)14-7)5-10-4-9(6-19-10)12(18)15-13/h3-4,6H,5,13H2,1-2H3,(H,15,18). The van der Waals surface area contributed by atoms with E-state index < -0.39 is 5.91 Å². The number of nitrogens with one attached hydrogen (secondary N) is 1. The third kappa shape index (κ3) is 2.71. The van der Waals surface area contributed by atoms with Gasteiger partial charge in [-0.2, -0.15) is 0 Å². The number of hydrogen-bond donors (Lipinski definition) is 2. The zero-order valence-corrected chi connectivity index (χ0v) is 10.6. The Morgan fingerprint density at radius 2 is 2.21 bits per heavy atom. The molecule has 0 fully saturated rings. The monoisotopic (exact) mass is 262 g/mol. The third-order valence-electron chi connectivity index (χ3n) is 2.69. The fraction of sp³-hybridized carbons (Fsp3) is 0.250. The summed E-state index contributed by atoms with van der Waals surface area (Å²) in [5.41, 5.74) is 2.82. The molecule has 0 unspecified atom stereocenters. The number of carbonyl (C=O) groups is 1. The molecule has 3 N–H and O–H groups in total. The van der Waals surface area contributed by atoms with Crippen LogP contribution in [0, 0.1) is 13.8 Å². The van der Waals surface area contributed by atoms with Crippen LogP contribution >= 0.6 is 0 Å². The van der Waals surface area contributed by atoms with E-state index in [9.17, 15) is 9.59 Å². The van der Waals surface area contributed by atoms with Crippen LogP contribution in [-0.4, -0.2) is 15.5 Å². The summed E-state index contributed by atoms with van der Waals surface area (Å²) in [6.07, 6.45) is 1.29. The molecule has 7 nitrogen and oxygen atoms in total. The topological polar surface area (TPSA) is 103 Å². The Morgan fingerprint density at radius 3 is 2.84 bits per heavy atom. The van der Waals surface area contributed by atoms with Gasteiger partial charge in [0.15, 0.2) is 0 Å². The number of hydrazine groups is 1. The molecule has 0 spiro atoms. The first kappa shape index (κ1) is 13.0. The van der Waals surface area contributed by atoms with Gasteiger partial charge in [-0.3, -0.25) is 19.6 Å². The number of furan rings is 1. The summed E-state index contributed by atoms with van der Waals surface area (Å²) in [7, 11) is 0. The number of hydrogen-bond acceptors (Lipinski definition) is 5. The Bertz CT molecular complexity index is 672. The van der Waals surface area contributed by atoms with E-state index in [1.807, 2.05) is 5.43 Å². The van der Waals surface area contributed by atoms with E-state index in [4.69, 9.17) is 10.3 Å². The van der Waals surface area contributed by atoms with Gasteiger partial charge in [-0.1, -0.05) is 0 Å². The highest BCUT2D eigenvalue weighted by Crippen LogP contribution is 2.09. The molecule has 2 aromatic rings. The molecule has 100 valence electrons. The minimum Gasteiger partial charge on any atom is -0.467 e. The molecule has 0 aliphatic carbocycles. The van der Waals surface area contributed by atoms with Gasteiger partial charge < -0.3 is 4.42 Å². The van der Waals surface area contributed by atoms with Gasteiger partial charge in [0.05, 0.1) is 12.1 Å². The van der Waals surface area contributed by atoms with Gasteiger partial charge in [0.25, 0.3) is 11.5 Å². The fourth-order valence-electron chi connectivity index (χ4n) is 1.78. The molecule has 0 saturated heterocycles. The van der Waals surface area contributed by atoms with Crippen LogP contribution < -0.4 is 16.8 Å². The Labute approximate surface area is 109 Å². The molecule has 0 saturated carbocycles. The molecule has 19 heavy (non-hydrogen) atoms. The van der Waals surface area contributed by atoms with Crippen molar-refractivity contribution in [2.24, 2.45) is 5.84 Å². The van der Waals surface area contributed by atoms with Crippen molar-refractivity contribution in [1.29, 1.82) is 0 Å². The molecule has 0 atom stereocenters. The van der Waals surface area contributed by atoms with Crippen molar-refractivity contribution in [3.8, 4) is 0 Å². The van der Waals surface area contributed by atoms with Crippen LogP contribution in [0.3, 0.4) is 0 Å². The Hall–Kier alpha value is -2.41. The second-order valence-corrected chi connectivity index (χ2v) is 4.14. The van der Waals surface area contributed by atoms with Crippen LogP contribution in [0.4, 0.5) is 0 Å². The van der Waals surface area contributed by atoms with Gasteiger partial charge in [0.2, 0.25) is 0 Å². The predicted molar refractivity (Wildman–Crippen MR) is 67.4 cm³/mol. The lowest BCUT2D eigenvalue weighted by atomic mass is 10.3. The first-order valence-electron chi connectivity index (χ1n) is 5.64. The van der Waals surface area contributed by atoms with Crippen molar-refractivity contribution >= 4 is 5.91 Å². The van der Waals surface area contributed by atoms with Crippen molar-refractivity contribution in [2.75, 3.05) is 0 Å². The molecule has 0 bridgehead atoms. The van der Waals surface area contributed by atoms with Gasteiger partial charge in [-0.05, 0) is 19.9 Å². The number of nitrogens with two attached hydrogens (primary N) is 1. The van der Waals surface area contributed by atoms with Crippen molar-refractivity contribution in [3.63, 3.8) is 0 Å². The van der Waals surface area contributed by atoms with Crippen LogP contribution in [0.1, 0.15) is 27.6 Å². The molecule has 0 aliphatic rings. The minimum atomic E-state index is -0.443. The highest BCUT2D eigenvalue weighted by atomic mass is 16.3. The van der Waals surface area contributed by atoms with E-state index in [0.717, 1.165) is 0 Å². The number of aromatic nitrogens is 2. The summed E-state index contributed by atoms with van der Waals surface area (Å²) in [6.45, 7) is 3.72. The quantitative estimate of drug-likeness (QED) is 0.464. The highest BCUT2D eigenvalue weighted by Gasteiger charge is 2.11. The summed E-state index contributed by atoms with van der Waals surface area (Å²) in [5.74, 6) is 5.65. The van der Waals surface area contributed by atoms with Gasteiger partial charge >= 0.3 is 0 Å². The first-order chi connectivity index (χ1) is 9.01. The van der Waals surface area contributed by atoms with Gasteiger partial charge in [-0.25, -0.2) is 10.8 Å². The Balaban J connectivity index is 2.29. The van der Waals surface area contributed by atoms with Crippen LogP contribution in [0.2, 0.25) is 0 Å². The van der Waals surface area contributed by atoms with Crippen molar-refractivity contribution < 1.29 is 9.21 Å². The maximum atomic E-state index is 11.8. The zero-order valence-electron chi connectivity index (χ0n) is 10.6. The first-order valence-corrected chi connectivity index (χ1v) is 5.64. The lowest BCUT2D eigenvalue weighted by Crippen LogP contribution is -2.29. The van der Waals surface area contributed by atoms with Crippen LogP contribution in [0.15, 0.2) is 27.6 Å². The number of aryl methyl sites for hydroxylation is 2. The van der Waals surface area contributed by atoms with E-state index >= 15 is 0 Å². The van der Waals surface area contributed by atoms with E-state index in [2.05, 4.69) is 4.98 Å². The van der Waals surface area contributed by atoms with Crippen LogP contribution in [0.25, 0.3) is 0 Å². The van der Waals surface area contributed by atoms with Crippen molar-refractivity contribution in [1.82, 2.24) is 15.0 Å². The second kappa shape index (κ2) is 5.07. The molecule has 2 heterocycles. The molecule has 2 rings (SSSR count). The predicted octanol–water partition coefficient (Wildman–Crippen LogP) is 0.105. The van der Waals surface area contributed by atoms with E-state index in [1.54, 1.807) is 13.8 Å². The largest absolute Gasteiger partial charge is 0.467 e. The highest BCUT2D eigenvalue weighted by molar-refractivity contribution is 5.93. The average Bonchev–Trinajstić information content (AvgIpc) is 2.81. The normalized spacial score (nSPS) is 10.5. The second-order valence-electron chi connectivity index (χ2n) is 4.14. The summed E-state index contributed by atoms with van der Waals surface area (Å²) in [4.78, 5) is 27.3. The van der Waals surface area contributed by atoms with Gasteiger partial charge in [0.1, 0.15) is 17.8 Å². The van der Waals surface area contributed by atoms with Crippen molar-refractivity contribution in [3.05, 3.63) is 51.6 Å². The zero-order chi connectivity index (χ0) is 14.0. The smallest absolute Gasteiger partial charge is 0.268 e. The van der Waals surface area contributed by atoms with Gasteiger partial charge in [-0.15, -0.1) is 0 Å². The molecule has 2 aromatic heterocycles. The number of amides is 1. The van der Waals surface area contributed by atoms with E-state index in [0.29, 0.717) is 22.8 Å². The Morgan fingerprint density at radius 1 is 1.47 bits per heavy atom. The summed E-state index contributed by atoms with van der Waals surface area (Å²) in [6, 6.07) is 2.98. The van der Waals surface area contributed by atoms with Crippen LogP contribution in [0.5, 0.6) is 0 Å². The molecule has 1 amide bonds. The average molecular weight is 262 g/mol. The maximum Gasteiger partial charge on any atom is 0.268 e. The van der Waals surface area contributed by atoms with Crippen LogP contribution in [-0.2, 0) is 6.54 Å². The lowest BCUT2D eigenvalue weighted by Gasteiger charge is -2.07. The summed E-state index contributed by atoms with van der Waals surface area (Å²) >= 11 is 0. The number of rotatable bonds is 3. The SMILES string of the molecule is Cc1cc(=O)n(Cc2cc(C(=O)NN)co2)c(C)n1. The number of nitrogen functional groups attached to an aromatic ring is 1.